The lowest BCUT2D eigenvalue weighted by Gasteiger charge is -2.32. The topological polar surface area (TPSA) is 29.5 Å². The van der Waals surface area contributed by atoms with Crippen molar-refractivity contribution in [1.29, 1.82) is 0 Å². The van der Waals surface area contributed by atoms with Crippen molar-refractivity contribution >= 4 is 0 Å². The highest BCUT2D eigenvalue weighted by Gasteiger charge is 2.31. The normalized spacial score (nSPS) is 21.3. The SMILES string of the molecule is OC1(c2ccccc2)CCOCC1. The third kappa shape index (κ3) is 1.74. The fourth-order valence-electron chi connectivity index (χ4n) is 1.75. The van der Waals surface area contributed by atoms with Crippen LogP contribution in [0.2, 0.25) is 0 Å². The summed E-state index contributed by atoms with van der Waals surface area (Å²) in [5.41, 5.74) is 0.359. The first kappa shape index (κ1) is 8.73. The van der Waals surface area contributed by atoms with Crippen molar-refractivity contribution in [1.82, 2.24) is 0 Å². The van der Waals surface area contributed by atoms with E-state index in [1.807, 2.05) is 30.3 Å². The monoisotopic (exact) mass is 178 g/mol. The molecule has 2 nitrogen and oxygen atoms in total. The Bertz CT molecular complexity index is 263. The van der Waals surface area contributed by atoms with E-state index in [0.717, 1.165) is 5.56 Å². The Morgan fingerprint density at radius 2 is 1.69 bits per heavy atom. The Hall–Kier alpha value is -0.860. The first-order valence-electron chi connectivity index (χ1n) is 4.67. The number of ether oxygens (including phenoxy) is 1. The van der Waals surface area contributed by atoms with E-state index in [0.29, 0.717) is 26.1 Å². The minimum Gasteiger partial charge on any atom is -0.385 e. The second-order valence-corrected chi connectivity index (χ2v) is 3.51. The Balaban J connectivity index is 2.23. The van der Waals surface area contributed by atoms with Crippen LogP contribution in [-0.4, -0.2) is 18.3 Å². The molecule has 2 heteroatoms. The van der Waals surface area contributed by atoms with Gasteiger partial charge in [0, 0.05) is 26.1 Å². The highest BCUT2D eigenvalue weighted by atomic mass is 16.5. The lowest BCUT2D eigenvalue weighted by atomic mass is 9.87. The van der Waals surface area contributed by atoms with Gasteiger partial charge in [-0.3, -0.25) is 0 Å². The molecule has 1 aliphatic rings. The fourth-order valence-corrected chi connectivity index (χ4v) is 1.75. The Kier molecular flexibility index (Phi) is 2.34. The molecule has 1 saturated heterocycles. The van der Waals surface area contributed by atoms with Crippen molar-refractivity contribution in [3.05, 3.63) is 35.9 Å². The molecule has 0 aromatic heterocycles. The molecule has 1 aliphatic heterocycles. The van der Waals surface area contributed by atoms with Crippen LogP contribution >= 0.6 is 0 Å². The van der Waals surface area contributed by atoms with Gasteiger partial charge in [-0.1, -0.05) is 30.3 Å². The third-order valence-corrected chi connectivity index (χ3v) is 2.63. The highest BCUT2D eigenvalue weighted by Crippen LogP contribution is 2.31. The van der Waals surface area contributed by atoms with Crippen molar-refractivity contribution in [2.75, 3.05) is 13.2 Å². The van der Waals surface area contributed by atoms with Gasteiger partial charge in [-0.25, -0.2) is 0 Å². The molecule has 0 atom stereocenters. The molecule has 0 bridgehead atoms. The fraction of sp³-hybridized carbons (Fsp3) is 0.455. The first-order valence-corrected chi connectivity index (χ1v) is 4.67. The summed E-state index contributed by atoms with van der Waals surface area (Å²) in [4.78, 5) is 0. The van der Waals surface area contributed by atoms with Crippen LogP contribution in [0.15, 0.2) is 30.3 Å². The molecule has 0 unspecified atom stereocenters. The quantitative estimate of drug-likeness (QED) is 0.709. The van der Waals surface area contributed by atoms with Crippen LogP contribution in [0.1, 0.15) is 18.4 Å². The minimum atomic E-state index is -0.653. The third-order valence-electron chi connectivity index (χ3n) is 2.63. The van der Waals surface area contributed by atoms with E-state index in [9.17, 15) is 5.11 Å². The maximum atomic E-state index is 10.3. The molecule has 1 fully saturated rings. The zero-order chi connectivity index (χ0) is 9.15. The Morgan fingerprint density at radius 3 is 2.31 bits per heavy atom. The van der Waals surface area contributed by atoms with Crippen LogP contribution in [-0.2, 0) is 10.3 Å². The van der Waals surface area contributed by atoms with Crippen molar-refractivity contribution in [2.45, 2.75) is 18.4 Å². The number of benzene rings is 1. The van der Waals surface area contributed by atoms with E-state index in [1.165, 1.54) is 0 Å². The summed E-state index contributed by atoms with van der Waals surface area (Å²) >= 11 is 0. The molecule has 1 N–H and O–H groups in total. The summed E-state index contributed by atoms with van der Waals surface area (Å²) in [6.07, 6.45) is 1.41. The molecule has 0 saturated carbocycles. The molecule has 1 aromatic rings. The van der Waals surface area contributed by atoms with E-state index in [1.54, 1.807) is 0 Å². The lowest BCUT2D eigenvalue weighted by Crippen LogP contribution is -2.33. The van der Waals surface area contributed by atoms with Crippen molar-refractivity contribution in [3.63, 3.8) is 0 Å². The van der Waals surface area contributed by atoms with Gasteiger partial charge in [0.2, 0.25) is 0 Å². The molecule has 0 radical (unpaired) electrons. The van der Waals surface area contributed by atoms with Gasteiger partial charge in [-0.2, -0.15) is 0 Å². The van der Waals surface area contributed by atoms with E-state index in [-0.39, 0.29) is 0 Å². The Labute approximate surface area is 78.2 Å². The molecule has 13 heavy (non-hydrogen) atoms. The van der Waals surface area contributed by atoms with Gasteiger partial charge >= 0.3 is 0 Å². The largest absolute Gasteiger partial charge is 0.385 e. The Morgan fingerprint density at radius 1 is 1.08 bits per heavy atom. The molecule has 0 spiro atoms. The van der Waals surface area contributed by atoms with Gasteiger partial charge in [0.1, 0.15) is 0 Å². The number of hydrogen-bond acceptors (Lipinski definition) is 2. The standard InChI is InChI=1S/C11H14O2/c12-11(6-8-13-9-7-11)10-4-2-1-3-5-10/h1-5,12H,6-9H2. The smallest absolute Gasteiger partial charge is 0.0940 e. The van der Waals surface area contributed by atoms with Crippen LogP contribution in [0.3, 0.4) is 0 Å². The van der Waals surface area contributed by atoms with E-state index >= 15 is 0 Å². The molecule has 0 aliphatic carbocycles. The lowest BCUT2D eigenvalue weighted by molar-refractivity contribution is -0.0679. The predicted molar refractivity (Wildman–Crippen MR) is 50.4 cm³/mol. The summed E-state index contributed by atoms with van der Waals surface area (Å²) in [6, 6.07) is 9.84. The van der Waals surface area contributed by atoms with Crippen LogP contribution in [0, 0.1) is 0 Å². The summed E-state index contributed by atoms with van der Waals surface area (Å²) in [5.74, 6) is 0. The van der Waals surface area contributed by atoms with Crippen LogP contribution < -0.4 is 0 Å². The molecule has 1 heterocycles. The predicted octanol–water partition coefficient (Wildman–Crippen LogP) is 1.68. The molecular formula is C11H14O2. The van der Waals surface area contributed by atoms with Crippen LogP contribution in [0.25, 0.3) is 0 Å². The van der Waals surface area contributed by atoms with Gasteiger partial charge in [0.15, 0.2) is 0 Å². The molecule has 70 valence electrons. The van der Waals surface area contributed by atoms with E-state index < -0.39 is 5.60 Å². The van der Waals surface area contributed by atoms with Gasteiger partial charge in [-0.15, -0.1) is 0 Å². The zero-order valence-electron chi connectivity index (χ0n) is 7.57. The average molecular weight is 178 g/mol. The number of aliphatic hydroxyl groups is 1. The highest BCUT2D eigenvalue weighted by molar-refractivity contribution is 5.22. The first-order chi connectivity index (χ1) is 6.31. The molecule has 0 amide bonds. The van der Waals surface area contributed by atoms with Crippen molar-refractivity contribution in [2.24, 2.45) is 0 Å². The van der Waals surface area contributed by atoms with Gasteiger partial charge in [0.05, 0.1) is 5.60 Å². The summed E-state index contributed by atoms with van der Waals surface area (Å²) in [6.45, 7) is 1.32. The zero-order valence-corrected chi connectivity index (χ0v) is 7.57. The average Bonchev–Trinajstić information content (AvgIpc) is 2.20. The summed E-state index contributed by atoms with van der Waals surface area (Å²) in [7, 11) is 0. The second-order valence-electron chi connectivity index (χ2n) is 3.51. The van der Waals surface area contributed by atoms with Gasteiger partial charge < -0.3 is 9.84 Å². The summed E-state index contributed by atoms with van der Waals surface area (Å²) < 4.78 is 5.23. The maximum Gasteiger partial charge on any atom is 0.0940 e. The van der Waals surface area contributed by atoms with Gasteiger partial charge in [0.25, 0.3) is 0 Å². The van der Waals surface area contributed by atoms with E-state index in [2.05, 4.69) is 0 Å². The van der Waals surface area contributed by atoms with Crippen LogP contribution in [0.5, 0.6) is 0 Å². The molecule has 2 rings (SSSR count). The number of hydrogen-bond donors (Lipinski definition) is 1. The van der Waals surface area contributed by atoms with Crippen molar-refractivity contribution < 1.29 is 9.84 Å². The van der Waals surface area contributed by atoms with E-state index in [4.69, 9.17) is 4.74 Å². The maximum absolute atomic E-state index is 10.3. The van der Waals surface area contributed by atoms with Crippen molar-refractivity contribution in [3.8, 4) is 0 Å². The minimum absolute atomic E-state index is 0.653. The van der Waals surface area contributed by atoms with Crippen LogP contribution in [0.4, 0.5) is 0 Å². The molecule has 1 aromatic carbocycles. The second kappa shape index (κ2) is 3.48. The number of rotatable bonds is 1. The van der Waals surface area contributed by atoms with Gasteiger partial charge in [-0.05, 0) is 5.56 Å². The molecular weight excluding hydrogens is 164 g/mol. The summed E-state index contributed by atoms with van der Waals surface area (Å²) in [5, 5.41) is 10.3.